The van der Waals surface area contributed by atoms with E-state index in [1.54, 1.807) is 11.6 Å². The number of hydrogen-bond acceptors (Lipinski definition) is 6. The van der Waals surface area contributed by atoms with E-state index in [1.165, 1.54) is 11.8 Å². The zero-order valence-corrected chi connectivity index (χ0v) is 15.7. The van der Waals surface area contributed by atoms with Crippen LogP contribution in [0.1, 0.15) is 33.3 Å². The largest absolute Gasteiger partial charge is 0.333 e. The third-order valence-corrected chi connectivity index (χ3v) is 4.19. The molecule has 0 aliphatic rings. The number of amides is 3. The number of imide groups is 1. The molecule has 0 fully saturated rings. The van der Waals surface area contributed by atoms with Crippen molar-refractivity contribution in [3.05, 3.63) is 29.8 Å². The van der Waals surface area contributed by atoms with E-state index in [4.69, 9.17) is 0 Å². The summed E-state index contributed by atoms with van der Waals surface area (Å²) >= 11 is 1.18. The molecule has 2 rings (SSSR count). The number of carbonyl (C=O) groups is 2. The molecule has 0 unspecified atom stereocenters. The van der Waals surface area contributed by atoms with Gasteiger partial charge in [0, 0.05) is 5.54 Å². The fraction of sp³-hybridized carbons (Fsp3) is 0.438. The smallest absolute Gasteiger partial charge is 0.321 e. The summed E-state index contributed by atoms with van der Waals surface area (Å²) < 4.78 is 1.58. The van der Waals surface area contributed by atoms with E-state index >= 15 is 0 Å². The van der Waals surface area contributed by atoms with Gasteiger partial charge in [-0.25, -0.2) is 4.79 Å². The summed E-state index contributed by atoms with van der Waals surface area (Å²) in [6.45, 7) is 9.17. The third-order valence-electron chi connectivity index (χ3n) is 3.16. The van der Waals surface area contributed by atoms with E-state index in [9.17, 15) is 9.59 Å². The van der Waals surface area contributed by atoms with Gasteiger partial charge < -0.3 is 5.32 Å². The van der Waals surface area contributed by atoms with E-state index in [0.717, 1.165) is 11.3 Å². The van der Waals surface area contributed by atoms with E-state index in [0.29, 0.717) is 5.16 Å². The maximum absolute atomic E-state index is 12.2. The third kappa shape index (κ3) is 5.28. The number of carbonyl (C=O) groups excluding carboxylic acids is 2. The number of nitrogens with one attached hydrogen (secondary N) is 2. The highest BCUT2D eigenvalue weighted by Crippen LogP contribution is 2.24. The Morgan fingerprint density at radius 1 is 1.24 bits per heavy atom. The molecule has 0 bridgehead atoms. The van der Waals surface area contributed by atoms with E-state index in [1.807, 2.05) is 52.0 Å². The normalized spacial score (nSPS) is 12.5. The lowest BCUT2D eigenvalue weighted by atomic mass is 10.1. The van der Waals surface area contributed by atoms with Crippen molar-refractivity contribution in [2.45, 2.75) is 50.6 Å². The molecule has 9 heteroatoms. The van der Waals surface area contributed by atoms with Crippen LogP contribution in [0.3, 0.4) is 0 Å². The Hall–Kier alpha value is -2.42. The van der Waals surface area contributed by atoms with Crippen molar-refractivity contribution in [1.82, 2.24) is 30.8 Å². The fourth-order valence-electron chi connectivity index (χ4n) is 2.00. The Morgan fingerprint density at radius 2 is 1.92 bits per heavy atom. The van der Waals surface area contributed by atoms with Gasteiger partial charge in [-0.2, -0.15) is 4.68 Å². The van der Waals surface area contributed by atoms with Crippen LogP contribution in [0.25, 0.3) is 5.69 Å². The van der Waals surface area contributed by atoms with Crippen LogP contribution in [0.5, 0.6) is 0 Å². The van der Waals surface area contributed by atoms with Crippen LogP contribution in [0.15, 0.2) is 29.4 Å². The van der Waals surface area contributed by atoms with Gasteiger partial charge in [0.1, 0.15) is 0 Å². The number of aryl methyl sites for hydroxylation is 1. The Morgan fingerprint density at radius 3 is 2.56 bits per heavy atom. The van der Waals surface area contributed by atoms with Crippen LogP contribution in [0, 0.1) is 6.92 Å². The molecule has 1 atom stereocenters. The molecule has 0 aliphatic heterocycles. The van der Waals surface area contributed by atoms with Crippen molar-refractivity contribution in [3.63, 3.8) is 0 Å². The minimum atomic E-state index is -0.542. The second-order valence-electron chi connectivity index (χ2n) is 6.61. The maximum atomic E-state index is 12.2. The first-order valence-corrected chi connectivity index (χ1v) is 8.69. The summed E-state index contributed by atoms with van der Waals surface area (Å²) in [6.07, 6.45) is 0. The average molecular weight is 362 g/mol. The molecule has 25 heavy (non-hydrogen) atoms. The summed E-state index contributed by atoms with van der Waals surface area (Å²) in [5, 5.41) is 16.6. The van der Waals surface area contributed by atoms with Crippen molar-refractivity contribution >= 4 is 23.7 Å². The first kappa shape index (κ1) is 18.9. The summed E-state index contributed by atoms with van der Waals surface area (Å²) in [5.41, 5.74) is 1.43. The number of urea groups is 1. The van der Waals surface area contributed by atoms with Gasteiger partial charge in [-0.1, -0.05) is 30.0 Å². The molecule has 3 amide bonds. The molecule has 2 N–H and O–H groups in total. The number of benzene rings is 1. The van der Waals surface area contributed by atoms with Crippen molar-refractivity contribution in [2.24, 2.45) is 0 Å². The van der Waals surface area contributed by atoms with Crippen LogP contribution >= 0.6 is 11.8 Å². The standard InChI is InChI=1S/C16H22N6O2S/c1-10-8-6-7-9-12(10)22-15(19-20-21-22)25-11(2)13(23)17-14(24)18-16(3,4)5/h6-9,11H,1-5H3,(H2,17,18,23,24)/t11-/m1/s1. The van der Waals surface area contributed by atoms with Gasteiger partial charge in [0.25, 0.3) is 0 Å². The van der Waals surface area contributed by atoms with Gasteiger partial charge in [0.15, 0.2) is 0 Å². The van der Waals surface area contributed by atoms with Gasteiger partial charge in [-0.3, -0.25) is 10.1 Å². The predicted octanol–water partition coefficient (Wildman–Crippen LogP) is 2.08. The van der Waals surface area contributed by atoms with Gasteiger partial charge >= 0.3 is 6.03 Å². The van der Waals surface area contributed by atoms with Crippen molar-refractivity contribution < 1.29 is 9.59 Å². The molecule has 2 aromatic rings. The summed E-state index contributed by atoms with van der Waals surface area (Å²) in [7, 11) is 0. The summed E-state index contributed by atoms with van der Waals surface area (Å²) in [6, 6.07) is 7.16. The zero-order chi connectivity index (χ0) is 18.6. The zero-order valence-electron chi connectivity index (χ0n) is 14.9. The van der Waals surface area contributed by atoms with Crippen LogP contribution in [0.4, 0.5) is 4.79 Å². The molecule has 0 saturated heterocycles. The molecule has 0 aliphatic carbocycles. The number of hydrogen-bond donors (Lipinski definition) is 2. The van der Waals surface area contributed by atoms with E-state index in [-0.39, 0.29) is 0 Å². The van der Waals surface area contributed by atoms with E-state index < -0.39 is 22.7 Å². The maximum Gasteiger partial charge on any atom is 0.321 e. The molecule has 0 radical (unpaired) electrons. The van der Waals surface area contributed by atoms with Gasteiger partial charge in [-0.15, -0.1) is 5.10 Å². The van der Waals surface area contributed by atoms with Gasteiger partial charge in [-0.05, 0) is 56.7 Å². The number of nitrogens with zero attached hydrogens (tertiary/aromatic N) is 4. The lowest BCUT2D eigenvalue weighted by Crippen LogP contribution is -2.49. The topological polar surface area (TPSA) is 102 Å². The van der Waals surface area contributed by atoms with Crippen molar-refractivity contribution in [2.75, 3.05) is 0 Å². The summed E-state index contributed by atoms with van der Waals surface area (Å²) in [5.74, 6) is -0.411. The highest BCUT2D eigenvalue weighted by Gasteiger charge is 2.22. The number of para-hydroxylation sites is 1. The lowest BCUT2D eigenvalue weighted by Gasteiger charge is -2.21. The monoisotopic (exact) mass is 362 g/mol. The van der Waals surface area contributed by atoms with E-state index in [2.05, 4.69) is 26.2 Å². The molecular weight excluding hydrogens is 340 g/mol. The van der Waals surface area contributed by atoms with Gasteiger partial charge in [0.2, 0.25) is 11.1 Å². The highest BCUT2D eigenvalue weighted by molar-refractivity contribution is 8.00. The Kier molecular flexibility index (Phi) is 5.78. The predicted molar refractivity (Wildman–Crippen MR) is 95.6 cm³/mol. The summed E-state index contributed by atoms with van der Waals surface area (Å²) in [4.78, 5) is 24.0. The molecule has 0 saturated carbocycles. The Balaban J connectivity index is 2.06. The van der Waals surface area contributed by atoms with Crippen LogP contribution < -0.4 is 10.6 Å². The fourth-order valence-corrected chi connectivity index (χ4v) is 2.80. The quantitative estimate of drug-likeness (QED) is 0.808. The van der Waals surface area contributed by atoms with Crippen LogP contribution in [0.2, 0.25) is 0 Å². The number of rotatable bonds is 4. The second-order valence-corrected chi connectivity index (χ2v) is 7.92. The van der Waals surface area contributed by atoms with Crippen molar-refractivity contribution in [1.29, 1.82) is 0 Å². The average Bonchev–Trinajstić information content (AvgIpc) is 2.93. The second kappa shape index (κ2) is 7.64. The van der Waals surface area contributed by atoms with Crippen LogP contribution in [-0.2, 0) is 4.79 Å². The molecule has 8 nitrogen and oxygen atoms in total. The van der Waals surface area contributed by atoms with Gasteiger partial charge in [0.05, 0.1) is 10.9 Å². The Bertz CT molecular complexity index is 768. The molecule has 1 heterocycles. The number of thioether (sulfide) groups is 1. The number of tetrazole rings is 1. The highest BCUT2D eigenvalue weighted by atomic mass is 32.2. The van der Waals surface area contributed by atoms with Crippen molar-refractivity contribution in [3.8, 4) is 5.69 Å². The Labute approximate surface area is 150 Å². The number of aromatic nitrogens is 4. The molecule has 134 valence electrons. The minimum Gasteiger partial charge on any atom is -0.333 e. The minimum absolute atomic E-state index is 0.411. The first-order valence-electron chi connectivity index (χ1n) is 7.81. The lowest BCUT2D eigenvalue weighted by molar-refractivity contribution is -0.119. The first-order chi connectivity index (χ1) is 11.7. The molecular formula is C16H22N6O2S. The molecule has 0 spiro atoms. The molecule has 1 aromatic carbocycles. The molecule has 1 aromatic heterocycles. The van der Waals surface area contributed by atoms with Crippen LogP contribution in [-0.4, -0.2) is 42.9 Å². The SMILES string of the molecule is Cc1ccccc1-n1nnnc1S[C@H](C)C(=O)NC(=O)NC(C)(C)C.